The van der Waals surface area contributed by atoms with E-state index in [1.807, 2.05) is 24.3 Å². The van der Waals surface area contributed by atoms with Gasteiger partial charge in [0.2, 0.25) is 0 Å². The van der Waals surface area contributed by atoms with Crippen molar-refractivity contribution in [2.45, 2.75) is 12.8 Å². The number of aromatic nitrogens is 1. The van der Waals surface area contributed by atoms with E-state index in [-0.39, 0.29) is 0 Å². The Morgan fingerprint density at radius 2 is 1.79 bits per heavy atom. The van der Waals surface area contributed by atoms with E-state index in [4.69, 9.17) is 0 Å². The lowest BCUT2D eigenvalue weighted by atomic mass is 9.98. The van der Waals surface area contributed by atoms with Crippen LogP contribution in [-0.2, 0) is 17.6 Å². The Labute approximate surface area is 110 Å². The van der Waals surface area contributed by atoms with Gasteiger partial charge in [-0.15, -0.1) is 0 Å². The fourth-order valence-corrected chi connectivity index (χ4v) is 2.30. The Balaban J connectivity index is 1.86. The maximum Gasteiger partial charge on any atom is 0.296 e. The number of aryl methyl sites for hydroxylation is 2. The third kappa shape index (κ3) is 2.12. The topological polar surface area (TPSA) is 59.1 Å². The number of nitrogens with zero attached hydrogens (tertiary/aromatic N) is 1. The highest BCUT2D eigenvalue weighted by molar-refractivity contribution is 6.52. The van der Waals surface area contributed by atoms with Crippen molar-refractivity contribution in [3.8, 4) is 0 Å². The summed E-state index contributed by atoms with van der Waals surface area (Å²) in [7, 11) is 0. The minimum atomic E-state index is -0.536. The molecule has 1 aliphatic rings. The number of anilines is 1. The molecule has 0 aliphatic carbocycles. The molecular weight excluding hydrogens is 240 g/mol. The van der Waals surface area contributed by atoms with Crippen LogP contribution in [0.25, 0.3) is 0 Å². The van der Waals surface area contributed by atoms with Crippen molar-refractivity contribution in [2.24, 2.45) is 0 Å². The zero-order valence-electron chi connectivity index (χ0n) is 10.2. The van der Waals surface area contributed by atoms with Gasteiger partial charge in [-0.1, -0.05) is 12.1 Å². The number of hydrogen-bond donors (Lipinski definition) is 1. The smallest absolute Gasteiger partial charge is 0.296 e. The number of fused-ring (bicyclic) bond motifs is 1. The SMILES string of the molecule is O=C1Nc2cccc(CCc3ccncc3)c2C1=O. The van der Waals surface area contributed by atoms with Gasteiger partial charge in [0.15, 0.2) is 0 Å². The van der Waals surface area contributed by atoms with Crippen LogP contribution < -0.4 is 5.32 Å². The van der Waals surface area contributed by atoms with E-state index in [1.165, 1.54) is 0 Å². The molecule has 2 heterocycles. The summed E-state index contributed by atoms with van der Waals surface area (Å²) in [6.45, 7) is 0. The van der Waals surface area contributed by atoms with E-state index >= 15 is 0 Å². The maximum absolute atomic E-state index is 11.8. The first-order valence-corrected chi connectivity index (χ1v) is 6.12. The van der Waals surface area contributed by atoms with Gasteiger partial charge >= 0.3 is 0 Å². The van der Waals surface area contributed by atoms with E-state index in [2.05, 4.69) is 10.3 Å². The number of rotatable bonds is 3. The third-order valence-corrected chi connectivity index (χ3v) is 3.26. The van der Waals surface area contributed by atoms with Crippen molar-refractivity contribution in [3.63, 3.8) is 0 Å². The van der Waals surface area contributed by atoms with Crippen LogP contribution >= 0.6 is 0 Å². The summed E-state index contributed by atoms with van der Waals surface area (Å²) in [5.74, 6) is -0.966. The predicted octanol–water partition coefficient (Wildman–Crippen LogP) is 2.00. The number of pyridine rings is 1. The number of amides is 1. The minimum absolute atomic E-state index is 0.430. The highest BCUT2D eigenvalue weighted by Crippen LogP contribution is 2.27. The Kier molecular flexibility index (Phi) is 2.83. The van der Waals surface area contributed by atoms with Crippen molar-refractivity contribution in [3.05, 3.63) is 59.4 Å². The Morgan fingerprint density at radius 3 is 2.58 bits per heavy atom. The summed E-state index contributed by atoms with van der Waals surface area (Å²) < 4.78 is 0. The van der Waals surface area contributed by atoms with Crippen LogP contribution in [0.15, 0.2) is 42.7 Å². The third-order valence-electron chi connectivity index (χ3n) is 3.26. The highest BCUT2D eigenvalue weighted by atomic mass is 16.2. The van der Waals surface area contributed by atoms with Gasteiger partial charge in [-0.25, -0.2) is 0 Å². The van der Waals surface area contributed by atoms with Crippen molar-refractivity contribution in [1.82, 2.24) is 4.98 Å². The van der Waals surface area contributed by atoms with Crippen LogP contribution in [-0.4, -0.2) is 16.7 Å². The lowest BCUT2D eigenvalue weighted by Gasteiger charge is -2.06. The molecule has 0 saturated heterocycles. The van der Waals surface area contributed by atoms with Crippen LogP contribution in [0.3, 0.4) is 0 Å². The second-order valence-electron chi connectivity index (χ2n) is 4.48. The van der Waals surface area contributed by atoms with Gasteiger partial charge in [-0.05, 0) is 42.2 Å². The number of nitrogens with one attached hydrogen (secondary N) is 1. The molecule has 1 aliphatic heterocycles. The van der Waals surface area contributed by atoms with Crippen molar-refractivity contribution >= 4 is 17.4 Å². The number of ketones is 1. The quantitative estimate of drug-likeness (QED) is 0.850. The molecule has 1 aromatic heterocycles. The van der Waals surface area contributed by atoms with Crippen LogP contribution in [0.2, 0.25) is 0 Å². The number of carbonyl (C=O) groups is 2. The van der Waals surface area contributed by atoms with Gasteiger partial charge < -0.3 is 5.32 Å². The summed E-state index contributed by atoms with van der Waals surface area (Å²) in [6, 6.07) is 9.43. The molecule has 0 fully saturated rings. The minimum Gasteiger partial charge on any atom is -0.318 e. The first-order valence-electron chi connectivity index (χ1n) is 6.12. The zero-order chi connectivity index (χ0) is 13.2. The van der Waals surface area contributed by atoms with Gasteiger partial charge in [0.1, 0.15) is 0 Å². The lowest BCUT2D eigenvalue weighted by Crippen LogP contribution is -2.13. The molecule has 3 rings (SSSR count). The molecule has 0 unspecified atom stereocenters. The van der Waals surface area contributed by atoms with Gasteiger partial charge in [0.05, 0.1) is 11.3 Å². The van der Waals surface area contributed by atoms with Gasteiger partial charge in [0, 0.05) is 12.4 Å². The number of hydrogen-bond acceptors (Lipinski definition) is 3. The molecule has 4 heteroatoms. The summed E-state index contributed by atoms with van der Waals surface area (Å²) in [5.41, 5.74) is 3.23. The fourth-order valence-electron chi connectivity index (χ4n) is 2.30. The largest absolute Gasteiger partial charge is 0.318 e. The second kappa shape index (κ2) is 4.65. The summed E-state index contributed by atoms with van der Waals surface area (Å²) in [6.07, 6.45) is 5.05. The average molecular weight is 252 g/mol. The highest BCUT2D eigenvalue weighted by Gasteiger charge is 2.29. The second-order valence-corrected chi connectivity index (χ2v) is 4.48. The summed E-state index contributed by atoms with van der Waals surface area (Å²) >= 11 is 0. The molecule has 1 N–H and O–H groups in total. The monoisotopic (exact) mass is 252 g/mol. The van der Waals surface area contributed by atoms with Gasteiger partial charge in [-0.3, -0.25) is 14.6 Å². The van der Waals surface area contributed by atoms with Gasteiger partial charge in [0.25, 0.3) is 11.7 Å². The van der Waals surface area contributed by atoms with Crippen LogP contribution in [0, 0.1) is 0 Å². The zero-order valence-corrected chi connectivity index (χ0v) is 10.2. The summed E-state index contributed by atoms with van der Waals surface area (Å²) in [4.78, 5) is 27.2. The molecule has 4 nitrogen and oxygen atoms in total. The normalized spacial score (nSPS) is 13.3. The lowest BCUT2D eigenvalue weighted by molar-refractivity contribution is -0.112. The van der Waals surface area contributed by atoms with E-state index in [0.717, 1.165) is 24.0 Å². The maximum atomic E-state index is 11.8. The first kappa shape index (κ1) is 11.6. The van der Waals surface area contributed by atoms with E-state index < -0.39 is 11.7 Å². The molecule has 0 atom stereocenters. The predicted molar refractivity (Wildman–Crippen MR) is 71.0 cm³/mol. The van der Waals surface area contributed by atoms with Crippen molar-refractivity contribution in [1.29, 1.82) is 0 Å². The molecule has 0 bridgehead atoms. The molecule has 0 radical (unpaired) electrons. The van der Waals surface area contributed by atoms with Gasteiger partial charge in [-0.2, -0.15) is 0 Å². The number of carbonyl (C=O) groups excluding carboxylic acids is 2. The molecule has 94 valence electrons. The molecule has 0 spiro atoms. The fraction of sp³-hybridized carbons (Fsp3) is 0.133. The Morgan fingerprint density at radius 1 is 1.00 bits per heavy atom. The van der Waals surface area contributed by atoms with Crippen LogP contribution in [0.4, 0.5) is 5.69 Å². The standard InChI is InChI=1S/C15H12N2O2/c18-14-13-11(2-1-3-12(13)17-15(14)19)5-4-10-6-8-16-9-7-10/h1-3,6-9H,4-5H2,(H,17,18,19). The molecule has 1 aromatic carbocycles. The molecular formula is C15H12N2O2. The van der Waals surface area contributed by atoms with E-state index in [0.29, 0.717) is 11.3 Å². The number of benzene rings is 1. The first-order chi connectivity index (χ1) is 9.25. The molecule has 2 aromatic rings. The van der Waals surface area contributed by atoms with E-state index in [1.54, 1.807) is 18.5 Å². The van der Waals surface area contributed by atoms with E-state index in [9.17, 15) is 9.59 Å². The Hall–Kier alpha value is -2.49. The Bertz CT molecular complexity index is 650. The van der Waals surface area contributed by atoms with Crippen molar-refractivity contribution in [2.75, 3.05) is 5.32 Å². The summed E-state index contributed by atoms with van der Waals surface area (Å²) in [5, 5.41) is 2.59. The van der Waals surface area contributed by atoms with Crippen LogP contribution in [0.1, 0.15) is 21.5 Å². The molecule has 19 heavy (non-hydrogen) atoms. The molecule has 1 amide bonds. The van der Waals surface area contributed by atoms with Crippen LogP contribution in [0.5, 0.6) is 0 Å². The average Bonchev–Trinajstić information content (AvgIpc) is 2.74. The molecule has 0 saturated carbocycles. The van der Waals surface area contributed by atoms with Crippen molar-refractivity contribution < 1.29 is 9.59 Å². The number of Topliss-reactive ketones (excluding diaryl/α,β-unsaturated/α-hetero) is 1.